The molecule has 0 unspecified atom stereocenters. The predicted octanol–water partition coefficient (Wildman–Crippen LogP) is 4.25. The van der Waals surface area contributed by atoms with Crippen molar-refractivity contribution in [1.29, 1.82) is 0 Å². The number of ether oxygens (including phenoxy) is 3. The minimum Gasteiger partial charge on any atom is -0.497 e. The number of hydrogen-bond donors (Lipinski definition) is 0. The number of carbonyl (C=O) groups excluding carboxylic acids is 1. The zero-order chi connectivity index (χ0) is 22.3. The van der Waals surface area contributed by atoms with Crippen molar-refractivity contribution in [2.75, 3.05) is 45.3 Å². The van der Waals surface area contributed by atoms with E-state index in [-0.39, 0.29) is 5.91 Å². The van der Waals surface area contributed by atoms with Crippen LogP contribution in [0.1, 0.15) is 15.9 Å². The average Bonchev–Trinajstić information content (AvgIpc) is 2.87. The van der Waals surface area contributed by atoms with Crippen molar-refractivity contribution >= 4 is 11.6 Å². The van der Waals surface area contributed by atoms with Crippen LogP contribution in [0.4, 0.5) is 5.69 Å². The van der Waals surface area contributed by atoms with Gasteiger partial charge < -0.3 is 24.0 Å². The third-order valence-electron chi connectivity index (χ3n) is 5.63. The highest BCUT2D eigenvalue weighted by Gasteiger charge is 2.23. The molecule has 166 valence electrons. The van der Waals surface area contributed by atoms with Crippen molar-refractivity contribution in [2.24, 2.45) is 0 Å². The van der Waals surface area contributed by atoms with E-state index in [4.69, 9.17) is 14.2 Å². The van der Waals surface area contributed by atoms with Gasteiger partial charge in [0.25, 0.3) is 5.91 Å². The van der Waals surface area contributed by atoms with Crippen LogP contribution in [0.3, 0.4) is 0 Å². The molecule has 3 aromatic rings. The Hall–Kier alpha value is -3.67. The molecular formula is C26H28N2O4. The van der Waals surface area contributed by atoms with Gasteiger partial charge in [-0.05, 0) is 35.9 Å². The Labute approximate surface area is 188 Å². The number of hydrogen-bond acceptors (Lipinski definition) is 5. The van der Waals surface area contributed by atoms with Gasteiger partial charge in [0.05, 0.1) is 14.2 Å². The van der Waals surface area contributed by atoms with E-state index in [2.05, 4.69) is 11.0 Å². The van der Waals surface area contributed by atoms with Crippen LogP contribution >= 0.6 is 0 Å². The van der Waals surface area contributed by atoms with Crippen LogP contribution in [0.2, 0.25) is 0 Å². The summed E-state index contributed by atoms with van der Waals surface area (Å²) in [6.07, 6.45) is 0. The standard InChI is InChI=1S/C26H28N2O4/c1-30-23-10-6-9-22(18-23)27-13-15-28(16-14-27)26(29)21-11-12-24(25(17-21)31-2)32-19-20-7-4-3-5-8-20/h3-12,17-18H,13-16,19H2,1-2H3. The van der Waals surface area contributed by atoms with Gasteiger partial charge in [-0.25, -0.2) is 0 Å². The lowest BCUT2D eigenvalue weighted by Gasteiger charge is -2.36. The van der Waals surface area contributed by atoms with E-state index in [0.29, 0.717) is 36.8 Å². The topological polar surface area (TPSA) is 51.2 Å². The maximum atomic E-state index is 13.1. The lowest BCUT2D eigenvalue weighted by atomic mass is 10.1. The lowest BCUT2D eigenvalue weighted by Crippen LogP contribution is -2.48. The van der Waals surface area contributed by atoms with Gasteiger partial charge in [-0.2, -0.15) is 0 Å². The van der Waals surface area contributed by atoms with E-state index in [1.807, 2.05) is 59.5 Å². The van der Waals surface area contributed by atoms with Crippen molar-refractivity contribution in [3.8, 4) is 17.2 Å². The van der Waals surface area contributed by atoms with Gasteiger partial charge in [0.2, 0.25) is 0 Å². The quantitative estimate of drug-likeness (QED) is 0.559. The molecule has 32 heavy (non-hydrogen) atoms. The highest BCUT2D eigenvalue weighted by Crippen LogP contribution is 2.30. The highest BCUT2D eigenvalue weighted by molar-refractivity contribution is 5.95. The molecule has 0 atom stereocenters. The summed E-state index contributed by atoms with van der Waals surface area (Å²) in [6, 6.07) is 23.3. The van der Waals surface area contributed by atoms with Crippen molar-refractivity contribution in [2.45, 2.75) is 6.61 Å². The molecule has 1 fully saturated rings. The molecule has 0 saturated carbocycles. The van der Waals surface area contributed by atoms with Crippen LogP contribution in [0.25, 0.3) is 0 Å². The maximum absolute atomic E-state index is 13.1. The summed E-state index contributed by atoms with van der Waals surface area (Å²) in [6.45, 7) is 3.30. The summed E-state index contributed by atoms with van der Waals surface area (Å²) >= 11 is 0. The first-order valence-electron chi connectivity index (χ1n) is 10.7. The number of piperazine rings is 1. The van der Waals surface area contributed by atoms with E-state index in [1.54, 1.807) is 26.4 Å². The highest BCUT2D eigenvalue weighted by atomic mass is 16.5. The third-order valence-corrected chi connectivity index (χ3v) is 5.63. The zero-order valence-corrected chi connectivity index (χ0v) is 18.5. The van der Waals surface area contributed by atoms with Crippen LogP contribution in [-0.4, -0.2) is 51.2 Å². The Morgan fingerprint density at radius 3 is 2.31 bits per heavy atom. The molecule has 1 heterocycles. The van der Waals surface area contributed by atoms with Gasteiger partial charge in [-0.3, -0.25) is 4.79 Å². The number of nitrogens with zero attached hydrogens (tertiary/aromatic N) is 2. The molecule has 0 N–H and O–H groups in total. The molecular weight excluding hydrogens is 404 g/mol. The molecule has 1 saturated heterocycles. The van der Waals surface area contributed by atoms with Gasteiger partial charge >= 0.3 is 0 Å². The van der Waals surface area contributed by atoms with Gasteiger partial charge in [-0.1, -0.05) is 36.4 Å². The largest absolute Gasteiger partial charge is 0.497 e. The Balaban J connectivity index is 1.38. The minimum absolute atomic E-state index is 0.00296. The SMILES string of the molecule is COc1cccc(N2CCN(C(=O)c3ccc(OCc4ccccc4)c(OC)c3)CC2)c1. The molecule has 3 aromatic carbocycles. The Morgan fingerprint density at radius 2 is 1.59 bits per heavy atom. The zero-order valence-electron chi connectivity index (χ0n) is 18.5. The first-order chi connectivity index (χ1) is 15.7. The van der Waals surface area contributed by atoms with E-state index in [0.717, 1.165) is 30.1 Å². The second-order valence-corrected chi connectivity index (χ2v) is 7.62. The number of anilines is 1. The van der Waals surface area contributed by atoms with Crippen LogP contribution in [0.15, 0.2) is 72.8 Å². The third kappa shape index (κ3) is 4.97. The Kier molecular flexibility index (Phi) is 6.80. The van der Waals surface area contributed by atoms with E-state index in [9.17, 15) is 4.79 Å². The van der Waals surface area contributed by atoms with Crippen molar-refractivity contribution in [1.82, 2.24) is 4.90 Å². The molecule has 4 rings (SSSR count). The fraction of sp³-hybridized carbons (Fsp3) is 0.269. The summed E-state index contributed by atoms with van der Waals surface area (Å²) in [5.41, 5.74) is 2.78. The average molecular weight is 433 g/mol. The Morgan fingerprint density at radius 1 is 0.812 bits per heavy atom. The molecule has 0 spiro atoms. The molecule has 6 nitrogen and oxygen atoms in total. The van der Waals surface area contributed by atoms with Crippen LogP contribution < -0.4 is 19.1 Å². The normalized spacial score (nSPS) is 13.6. The number of carbonyl (C=O) groups is 1. The van der Waals surface area contributed by atoms with Crippen molar-refractivity contribution < 1.29 is 19.0 Å². The molecule has 0 aliphatic carbocycles. The fourth-order valence-electron chi connectivity index (χ4n) is 3.81. The maximum Gasteiger partial charge on any atom is 0.254 e. The number of methoxy groups -OCH3 is 2. The summed E-state index contributed by atoms with van der Waals surface area (Å²) in [4.78, 5) is 17.2. The Bertz CT molecular complexity index is 1050. The summed E-state index contributed by atoms with van der Waals surface area (Å²) in [5, 5.41) is 0. The summed E-state index contributed by atoms with van der Waals surface area (Å²) < 4.78 is 16.7. The molecule has 0 bridgehead atoms. The smallest absolute Gasteiger partial charge is 0.254 e. The number of rotatable bonds is 7. The molecule has 0 aromatic heterocycles. The van der Waals surface area contributed by atoms with Crippen LogP contribution in [0, 0.1) is 0 Å². The molecule has 1 aliphatic rings. The molecule has 0 radical (unpaired) electrons. The minimum atomic E-state index is 0.00296. The first-order valence-corrected chi connectivity index (χ1v) is 10.7. The van der Waals surface area contributed by atoms with Crippen LogP contribution in [-0.2, 0) is 6.61 Å². The van der Waals surface area contributed by atoms with Crippen LogP contribution in [0.5, 0.6) is 17.2 Å². The monoisotopic (exact) mass is 432 g/mol. The van der Waals surface area contributed by atoms with Crippen molar-refractivity contribution in [3.63, 3.8) is 0 Å². The second kappa shape index (κ2) is 10.1. The first kappa shape index (κ1) is 21.6. The predicted molar refractivity (Wildman–Crippen MR) is 125 cm³/mol. The molecule has 6 heteroatoms. The molecule has 1 amide bonds. The number of benzene rings is 3. The lowest BCUT2D eigenvalue weighted by molar-refractivity contribution is 0.0746. The van der Waals surface area contributed by atoms with Gasteiger partial charge in [0, 0.05) is 43.5 Å². The van der Waals surface area contributed by atoms with Gasteiger partial charge in [0.1, 0.15) is 12.4 Å². The van der Waals surface area contributed by atoms with Gasteiger partial charge in [-0.15, -0.1) is 0 Å². The van der Waals surface area contributed by atoms with Gasteiger partial charge in [0.15, 0.2) is 11.5 Å². The molecule has 1 aliphatic heterocycles. The van der Waals surface area contributed by atoms with E-state index >= 15 is 0 Å². The van der Waals surface area contributed by atoms with E-state index < -0.39 is 0 Å². The number of amides is 1. The fourth-order valence-corrected chi connectivity index (χ4v) is 3.81. The second-order valence-electron chi connectivity index (χ2n) is 7.62. The van der Waals surface area contributed by atoms with Crippen molar-refractivity contribution in [3.05, 3.63) is 83.9 Å². The summed E-state index contributed by atoms with van der Waals surface area (Å²) in [7, 11) is 3.26. The summed E-state index contributed by atoms with van der Waals surface area (Å²) in [5.74, 6) is 2.02. The van der Waals surface area contributed by atoms with E-state index in [1.165, 1.54) is 0 Å².